The van der Waals surface area contributed by atoms with E-state index in [1.165, 1.54) is 24.8 Å². The minimum absolute atomic E-state index is 0. The second-order valence-electron chi connectivity index (χ2n) is 4.18. The van der Waals surface area contributed by atoms with Crippen molar-refractivity contribution in [3.8, 4) is 0 Å². The van der Waals surface area contributed by atoms with Gasteiger partial charge in [0.25, 0.3) is 0 Å². The third kappa shape index (κ3) is 1.53. The summed E-state index contributed by atoms with van der Waals surface area (Å²) in [5.74, 6) is 0.729. The van der Waals surface area contributed by atoms with Crippen molar-refractivity contribution < 1.29 is 0 Å². The van der Waals surface area contributed by atoms with Crippen LogP contribution in [0.15, 0.2) is 24.5 Å². The van der Waals surface area contributed by atoms with E-state index >= 15 is 0 Å². The Balaban J connectivity index is 0.000000750. The van der Waals surface area contributed by atoms with Crippen LogP contribution in [0.1, 0.15) is 30.7 Å². The van der Waals surface area contributed by atoms with Crippen LogP contribution in [0.2, 0.25) is 0 Å². The SMILES string of the molecule is Cl.c1cncc(C2CC3CCC2N3)c1. The standard InChI is InChI=1S/C11H14N2.ClH/c1-2-8(7-12-5-1)10-6-9-3-4-11(10)13-9;/h1-2,5,7,9-11,13H,3-4,6H2;1H. The molecule has 3 heteroatoms. The van der Waals surface area contributed by atoms with Crippen LogP contribution in [0.4, 0.5) is 0 Å². The molecule has 3 atom stereocenters. The number of nitrogens with one attached hydrogen (secondary N) is 1. The number of fused-ring (bicyclic) bond motifs is 2. The van der Waals surface area contributed by atoms with Crippen LogP contribution in [0.5, 0.6) is 0 Å². The zero-order valence-electron chi connectivity index (χ0n) is 8.02. The first-order chi connectivity index (χ1) is 6.43. The number of hydrogen-bond acceptors (Lipinski definition) is 2. The first-order valence-electron chi connectivity index (χ1n) is 5.09. The maximum absolute atomic E-state index is 4.19. The summed E-state index contributed by atoms with van der Waals surface area (Å²) in [6.07, 6.45) is 7.92. The monoisotopic (exact) mass is 210 g/mol. The molecule has 3 rings (SSSR count). The average Bonchev–Trinajstić information content (AvgIpc) is 2.80. The van der Waals surface area contributed by atoms with Gasteiger partial charge >= 0.3 is 0 Å². The molecule has 0 aromatic carbocycles. The van der Waals surface area contributed by atoms with Crippen LogP contribution >= 0.6 is 12.4 Å². The highest BCUT2D eigenvalue weighted by Crippen LogP contribution is 2.39. The maximum atomic E-state index is 4.19. The lowest BCUT2D eigenvalue weighted by Gasteiger charge is -2.19. The predicted molar refractivity (Wildman–Crippen MR) is 58.8 cm³/mol. The van der Waals surface area contributed by atoms with Gasteiger partial charge in [0.15, 0.2) is 0 Å². The Hall–Kier alpha value is -0.600. The largest absolute Gasteiger partial charge is 0.311 e. The Labute approximate surface area is 90.5 Å². The van der Waals surface area contributed by atoms with Crippen molar-refractivity contribution >= 4 is 12.4 Å². The Bertz CT molecular complexity index is 301. The topological polar surface area (TPSA) is 24.9 Å². The van der Waals surface area contributed by atoms with Gasteiger partial charge in [-0.2, -0.15) is 0 Å². The highest BCUT2D eigenvalue weighted by Gasteiger charge is 2.39. The van der Waals surface area contributed by atoms with Crippen molar-refractivity contribution in [1.29, 1.82) is 0 Å². The van der Waals surface area contributed by atoms with Crippen molar-refractivity contribution in [3.63, 3.8) is 0 Å². The zero-order valence-corrected chi connectivity index (χ0v) is 8.83. The fourth-order valence-electron chi connectivity index (χ4n) is 2.79. The molecule has 0 radical (unpaired) electrons. The van der Waals surface area contributed by atoms with Crippen LogP contribution in [0.3, 0.4) is 0 Å². The molecule has 0 amide bonds. The fraction of sp³-hybridized carbons (Fsp3) is 0.545. The van der Waals surface area contributed by atoms with Gasteiger partial charge < -0.3 is 5.32 Å². The molecule has 3 heterocycles. The number of nitrogens with zero attached hydrogens (tertiary/aromatic N) is 1. The minimum atomic E-state index is 0. The second-order valence-corrected chi connectivity index (χ2v) is 4.18. The molecule has 2 bridgehead atoms. The molecule has 2 nitrogen and oxygen atoms in total. The lowest BCUT2D eigenvalue weighted by Crippen LogP contribution is -2.21. The molecular weight excluding hydrogens is 196 g/mol. The third-order valence-corrected chi connectivity index (χ3v) is 3.41. The van der Waals surface area contributed by atoms with Crippen molar-refractivity contribution in [2.75, 3.05) is 0 Å². The summed E-state index contributed by atoms with van der Waals surface area (Å²) < 4.78 is 0. The van der Waals surface area contributed by atoms with Gasteiger partial charge in [0, 0.05) is 30.4 Å². The smallest absolute Gasteiger partial charge is 0.0303 e. The van der Waals surface area contributed by atoms with Gasteiger partial charge in [-0.05, 0) is 30.9 Å². The number of aromatic nitrogens is 1. The van der Waals surface area contributed by atoms with Crippen molar-refractivity contribution in [3.05, 3.63) is 30.1 Å². The van der Waals surface area contributed by atoms with Crippen LogP contribution in [0.25, 0.3) is 0 Å². The van der Waals surface area contributed by atoms with Gasteiger partial charge in [-0.25, -0.2) is 0 Å². The van der Waals surface area contributed by atoms with E-state index in [9.17, 15) is 0 Å². The van der Waals surface area contributed by atoms with Gasteiger partial charge in [-0.3, -0.25) is 4.98 Å². The second kappa shape index (κ2) is 3.87. The van der Waals surface area contributed by atoms with Crippen LogP contribution in [-0.2, 0) is 0 Å². The Kier molecular flexibility index (Phi) is 2.75. The lowest BCUT2D eigenvalue weighted by atomic mass is 9.85. The summed E-state index contributed by atoms with van der Waals surface area (Å²) in [5.41, 5.74) is 1.42. The summed E-state index contributed by atoms with van der Waals surface area (Å²) in [4.78, 5) is 4.19. The lowest BCUT2D eigenvalue weighted by molar-refractivity contribution is 0.505. The van der Waals surface area contributed by atoms with E-state index in [2.05, 4.69) is 16.4 Å². The maximum Gasteiger partial charge on any atom is 0.0303 e. The van der Waals surface area contributed by atoms with Gasteiger partial charge in [0.1, 0.15) is 0 Å². The van der Waals surface area contributed by atoms with E-state index in [1.54, 1.807) is 0 Å². The van der Waals surface area contributed by atoms with Crippen LogP contribution in [-0.4, -0.2) is 17.1 Å². The van der Waals surface area contributed by atoms with Gasteiger partial charge in [-0.1, -0.05) is 6.07 Å². The predicted octanol–water partition coefficient (Wildman–Crippen LogP) is 2.11. The molecule has 2 saturated heterocycles. The molecule has 3 unspecified atom stereocenters. The van der Waals surface area contributed by atoms with E-state index in [4.69, 9.17) is 0 Å². The number of pyridine rings is 1. The van der Waals surface area contributed by atoms with Gasteiger partial charge in [0.05, 0.1) is 0 Å². The molecule has 14 heavy (non-hydrogen) atoms. The molecule has 1 N–H and O–H groups in total. The molecule has 2 aliphatic heterocycles. The van der Waals surface area contributed by atoms with Gasteiger partial charge in [0.2, 0.25) is 0 Å². The van der Waals surface area contributed by atoms with E-state index in [-0.39, 0.29) is 12.4 Å². The van der Waals surface area contributed by atoms with E-state index < -0.39 is 0 Å². The number of halogens is 1. The third-order valence-electron chi connectivity index (χ3n) is 3.41. The van der Waals surface area contributed by atoms with Crippen molar-refractivity contribution in [2.24, 2.45) is 0 Å². The summed E-state index contributed by atoms with van der Waals surface area (Å²) in [6.45, 7) is 0. The normalized spacial score (nSPS) is 34.1. The quantitative estimate of drug-likeness (QED) is 0.768. The van der Waals surface area contributed by atoms with Crippen LogP contribution in [0, 0.1) is 0 Å². The van der Waals surface area contributed by atoms with E-state index in [0.717, 1.165) is 18.0 Å². The highest BCUT2D eigenvalue weighted by atomic mass is 35.5. The Morgan fingerprint density at radius 1 is 1.36 bits per heavy atom. The molecule has 0 aliphatic carbocycles. The molecule has 2 aliphatic rings. The van der Waals surface area contributed by atoms with E-state index in [0.29, 0.717) is 0 Å². The molecule has 2 fully saturated rings. The molecule has 76 valence electrons. The number of rotatable bonds is 1. The Morgan fingerprint density at radius 3 is 2.86 bits per heavy atom. The molecular formula is C11H15ClN2. The Morgan fingerprint density at radius 2 is 2.29 bits per heavy atom. The minimum Gasteiger partial charge on any atom is -0.311 e. The summed E-state index contributed by atoms with van der Waals surface area (Å²) in [5, 5.41) is 3.65. The highest BCUT2D eigenvalue weighted by molar-refractivity contribution is 5.85. The molecule has 0 saturated carbocycles. The summed E-state index contributed by atoms with van der Waals surface area (Å²) in [7, 11) is 0. The van der Waals surface area contributed by atoms with Crippen molar-refractivity contribution in [1.82, 2.24) is 10.3 Å². The fourth-order valence-corrected chi connectivity index (χ4v) is 2.79. The molecule has 1 aromatic rings. The first-order valence-corrected chi connectivity index (χ1v) is 5.09. The molecule has 0 spiro atoms. The first kappa shape index (κ1) is 9.94. The average molecular weight is 211 g/mol. The van der Waals surface area contributed by atoms with Crippen molar-refractivity contribution in [2.45, 2.75) is 37.3 Å². The number of hydrogen-bond donors (Lipinski definition) is 1. The molecule has 1 aromatic heterocycles. The van der Waals surface area contributed by atoms with E-state index in [1.807, 2.05) is 18.5 Å². The van der Waals surface area contributed by atoms with Gasteiger partial charge in [-0.15, -0.1) is 12.4 Å². The summed E-state index contributed by atoms with van der Waals surface area (Å²) in [6, 6.07) is 5.77. The summed E-state index contributed by atoms with van der Waals surface area (Å²) >= 11 is 0. The van der Waals surface area contributed by atoms with Crippen LogP contribution < -0.4 is 5.32 Å². The zero-order chi connectivity index (χ0) is 8.67.